The van der Waals surface area contributed by atoms with Crippen LogP contribution in [0.2, 0.25) is 0 Å². The second-order valence-electron chi connectivity index (χ2n) is 6.92. The van der Waals surface area contributed by atoms with Crippen molar-refractivity contribution < 1.29 is 14.3 Å². The van der Waals surface area contributed by atoms with Crippen LogP contribution < -0.4 is 5.32 Å². The highest BCUT2D eigenvalue weighted by molar-refractivity contribution is 7.17. The topological polar surface area (TPSA) is 55.4 Å². The first-order chi connectivity index (χ1) is 12.5. The third-order valence-electron chi connectivity index (χ3n) is 5.04. The highest BCUT2D eigenvalue weighted by Gasteiger charge is 2.32. The summed E-state index contributed by atoms with van der Waals surface area (Å²) in [6.07, 6.45) is 2.93. The Labute approximate surface area is 158 Å². The molecule has 3 rings (SSSR count). The molecular weight excluding hydrogens is 346 g/mol. The monoisotopic (exact) mass is 371 g/mol. The van der Waals surface area contributed by atoms with Gasteiger partial charge < -0.3 is 10.1 Å². The van der Waals surface area contributed by atoms with E-state index >= 15 is 0 Å². The van der Waals surface area contributed by atoms with E-state index in [0.29, 0.717) is 16.5 Å². The second-order valence-corrected chi connectivity index (χ2v) is 8.15. The molecule has 4 nitrogen and oxygen atoms in total. The summed E-state index contributed by atoms with van der Waals surface area (Å²) in [5, 5.41) is 3.53. The van der Waals surface area contributed by atoms with Crippen LogP contribution in [0.5, 0.6) is 0 Å². The van der Waals surface area contributed by atoms with E-state index < -0.39 is 5.97 Å². The Hall–Kier alpha value is -2.14. The average Bonchev–Trinajstić information content (AvgIpc) is 3.45. The van der Waals surface area contributed by atoms with Gasteiger partial charge in [-0.25, -0.2) is 4.79 Å². The van der Waals surface area contributed by atoms with Crippen LogP contribution in [0.1, 0.15) is 59.8 Å². The summed E-state index contributed by atoms with van der Waals surface area (Å²) >= 11 is 1.44. The second kappa shape index (κ2) is 7.62. The molecule has 0 unspecified atom stereocenters. The largest absolute Gasteiger partial charge is 0.465 e. The number of aryl methyl sites for hydroxylation is 1. The van der Waals surface area contributed by atoms with Crippen molar-refractivity contribution in [3.63, 3.8) is 0 Å². The molecule has 1 aromatic carbocycles. The van der Waals surface area contributed by atoms with E-state index in [1.165, 1.54) is 24.0 Å². The summed E-state index contributed by atoms with van der Waals surface area (Å²) in [6.45, 7) is 6.35. The smallest absolute Gasteiger partial charge is 0.341 e. The number of amides is 1. The summed E-state index contributed by atoms with van der Waals surface area (Å²) in [5.41, 5.74) is 3.56. The molecule has 1 aromatic heterocycles. The van der Waals surface area contributed by atoms with Gasteiger partial charge in [-0.2, -0.15) is 0 Å². The molecule has 2 aromatic rings. The lowest BCUT2D eigenvalue weighted by molar-refractivity contribution is -0.117. The number of carbonyl (C=O) groups excluding carboxylic acids is 2. The molecule has 1 atom stereocenters. The average molecular weight is 372 g/mol. The molecule has 1 amide bonds. The molecule has 0 spiro atoms. The number of methoxy groups -OCH3 is 1. The fourth-order valence-electron chi connectivity index (χ4n) is 3.05. The number of carbonyl (C=O) groups is 2. The molecule has 1 heterocycles. The van der Waals surface area contributed by atoms with E-state index in [0.717, 1.165) is 35.3 Å². The number of esters is 1. The van der Waals surface area contributed by atoms with Gasteiger partial charge in [0, 0.05) is 16.4 Å². The summed E-state index contributed by atoms with van der Waals surface area (Å²) in [4.78, 5) is 25.6. The van der Waals surface area contributed by atoms with Crippen molar-refractivity contribution in [1.82, 2.24) is 0 Å². The Morgan fingerprint density at radius 1 is 1.27 bits per heavy atom. The molecule has 26 heavy (non-hydrogen) atoms. The predicted molar refractivity (Wildman–Crippen MR) is 106 cm³/mol. The lowest BCUT2D eigenvalue weighted by Crippen LogP contribution is -2.15. The van der Waals surface area contributed by atoms with Crippen molar-refractivity contribution >= 4 is 28.2 Å². The van der Waals surface area contributed by atoms with E-state index in [2.05, 4.69) is 43.4 Å². The van der Waals surface area contributed by atoms with Crippen LogP contribution in [0, 0.1) is 12.8 Å². The van der Waals surface area contributed by atoms with E-state index in [9.17, 15) is 9.59 Å². The van der Waals surface area contributed by atoms with Gasteiger partial charge in [-0.3, -0.25) is 4.79 Å². The summed E-state index contributed by atoms with van der Waals surface area (Å²) in [7, 11) is 1.37. The highest BCUT2D eigenvalue weighted by Crippen LogP contribution is 2.41. The van der Waals surface area contributed by atoms with Crippen LogP contribution in [-0.4, -0.2) is 19.0 Å². The van der Waals surface area contributed by atoms with Crippen LogP contribution in [0.25, 0.3) is 11.1 Å². The predicted octanol–water partition coefficient (Wildman–Crippen LogP) is 5.37. The summed E-state index contributed by atoms with van der Waals surface area (Å²) < 4.78 is 5.01. The van der Waals surface area contributed by atoms with Gasteiger partial charge in [-0.1, -0.05) is 38.1 Å². The molecule has 1 aliphatic carbocycles. The van der Waals surface area contributed by atoms with E-state index in [-0.39, 0.29) is 11.8 Å². The van der Waals surface area contributed by atoms with Crippen molar-refractivity contribution in [1.29, 1.82) is 0 Å². The standard InChI is InChI=1S/C21H25NO3S/c1-5-12(2)14-6-8-15(9-7-14)17-13(3)26-20(18(17)21(24)25-4)22-19(23)16-10-11-16/h6-9,12,16H,5,10-11H2,1-4H3,(H,22,23)/t12-/m0/s1. The Morgan fingerprint density at radius 2 is 1.92 bits per heavy atom. The molecule has 0 radical (unpaired) electrons. The quantitative estimate of drug-likeness (QED) is 0.694. The number of ether oxygens (including phenoxy) is 1. The summed E-state index contributed by atoms with van der Waals surface area (Å²) in [6, 6.07) is 8.33. The molecule has 1 N–H and O–H groups in total. The fraction of sp³-hybridized carbons (Fsp3) is 0.429. The van der Waals surface area contributed by atoms with Crippen molar-refractivity contribution in [3.8, 4) is 11.1 Å². The SMILES string of the molecule is CC[C@H](C)c1ccc(-c2c(C)sc(NC(=O)C3CC3)c2C(=O)OC)cc1. The molecular formula is C21H25NO3S. The molecule has 5 heteroatoms. The summed E-state index contributed by atoms with van der Waals surface area (Å²) in [5.74, 6) is 0.166. The van der Waals surface area contributed by atoms with Gasteiger partial charge in [-0.05, 0) is 43.2 Å². The number of hydrogen-bond acceptors (Lipinski definition) is 4. The van der Waals surface area contributed by atoms with E-state index in [4.69, 9.17) is 4.74 Å². The Morgan fingerprint density at radius 3 is 2.46 bits per heavy atom. The van der Waals surface area contributed by atoms with Gasteiger partial charge in [0.2, 0.25) is 5.91 Å². The first-order valence-electron chi connectivity index (χ1n) is 9.09. The molecule has 1 aliphatic rings. The molecule has 1 saturated carbocycles. The van der Waals surface area contributed by atoms with Gasteiger partial charge in [-0.15, -0.1) is 11.3 Å². The molecule has 0 aliphatic heterocycles. The van der Waals surface area contributed by atoms with Gasteiger partial charge in [0.1, 0.15) is 10.6 Å². The minimum Gasteiger partial charge on any atom is -0.465 e. The Kier molecular flexibility index (Phi) is 5.47. The van der Waals surface area contributed by atoms with Crippen molar-refractivity contribution in [3.05, 3.63) is 40.3 Å². The van der Waals surface area contributed by atoms with Crippen LogP contribution in [-0.2, 0) is 9.53 Å². The van der Waals surface area contributed by atoms with Gasteiger partial charge in [0.25, 0.3) is 0 Å². The van der Waals surface area contributed by atoms with Crippen molar-refractivity contribution in [2.45, 2.75) is 46.0 Å². The maximum atomic E-state index is 12.5. The zero-order chi connectivity index (χ0) is 18.8. The molecule has 0 bridgehead atoms. The third kappa shape index (κ3) is 3.68. The number of nitrogens with one attached hydrogen (secondary N) is 1. The van der Waals surface area contributed by atoms with Gasteiger partial charge in [0.05, 0.1) is 7.11 Å². The third-order valence-corrected chi connectivity index (χ3v) is 6.06. The lowest BCUT2D eigenvalue weighted by atomic mass is 9.94. The number of anilines is 1. The maximum Gasteiger partial charge on any atom is 0.341 e. The molecule has 1 fully saturated rings. The van der Waals surface area contributed by atoms with Gasteiger partial charge in [0.15, 0.2) is 0 Å². The minimum absolute atomic E-state index is 0.00456. The number of benzene rings is 1. The Balaban J connectivity index is 2.01. The van der Waals surface area contributed by atoms with Crippen LogP contribution in [0.4, 0.5) is 5.00 Å². The van der Waals surface area contributed by atoms with Gasteiger partial charge >= 0.3 is 5.97 Å². The highest BCUT2D eigenvalue weighted by atomic mass is 32.1. The van der Waals surface area contributed by atoms with Crippen LogP contribution in [0.15, 0.2) is 24.3 Å². The normalized spacial score (nSPS) is 14.8. The van der Waals surface area contributed by atoms with Crippen LogP contribution >= 0.6 is 11.3 Å². The molecule has 0 saturated heterocycles. The zero-order valence-corrected chi connectivity index (χ0v) is 16.5. The number of rotatable bonds is 6. The zero-order valence-electron chi connectivity index (χ0n) is 15.7. The van der Waals surface area contributed by atoms with E-state index in [1.54, 1.807) is 0 Å². The first-order valence-corrected chi connectivity index (χ1v) is 9.90. The van der Waals surface area contributed by atoms with Crippen molar-refractivity contribution in [2.75, 3.05) is 12.4 Å². The van der Waals surface area contributed by atoms with Crippen molar-refractivity contribution in [2.24, 2.45) is 5.92 Å². The number of hydrogen-bond donors (Lipinski definition) is 1. The maximum absolute atomic E-state index is 12.5. The Bertz CT molecular complexity index is 819. The van der Waals surface area contributed by atoms with E-state index in [1.807, 2.05) is 6.92 Å². The number of thiophene rings is 1. The van der Waals surface area contributed by atoms with Crippen LogP contribution in [0.3, 0.4) is 0 Å². The minimum atomic E-state index is -0.415. The lowest BCUT2D eigenvalue weighted by Gasteiger charge is -2.11. The molecule has 138 valence electrons. The fourth-order valence-corrected chi connectivity index (χ4v) is 4.12. The first kappa shape index (κ1) is 18.6.